The van der Waals surface area contributed by atoms with Crippen molar-refractivity contribution in [2.24, 2.45) is 5.41 Å². The third-order valence-electron chi connectivity index (χ3n) is 8.24. The van der Waals surface area contributed by atoms with Crippen LogP contribution in [-0.4, -0.2) is 65.1 Å². The molecule has 0 aliphatic heterocycles. The van der Waals surface area contributed by atoms with E-state index in [4.69, 9.17) is 4.74 Å². The van der Waals surface area contributed by atoms with Crippen LogP contribution in [0.15, 0.2) is 48.5 Å². The zero-order valence-corrected chi connectivity index (χ0v) is 29.3. The molecule has 0 atom stereocenters. The summed E-state index contributed by atoms with van der Waals surface area (Å²) >= 11 is 0. The zero-order chi connectivity index (χ0) is 34.3. The molecule has 0 aliphatic carbocycles. The fraction of sp³-hybridized carbons (Fsp3) is 0.528. The molecule has 0 fully saturated rings. The molecule has 0 unspecified atom stereocenters. The van der Waals surface area contributed by atoms with Crippen molar-refractivity contribution < 1.29 is 19.1 Å². The Morgan fingerprint density at radius 1 is 0.913 bits per heavy atom. The summed E-state index contributed by atoms with van der Waals surface area (Å²) in [6, 6.07) is 15.8. The number of ether oxygens (including phenoxy) is 1. The molecule has 0 aliphatic rings. The number of carbonyl (C=O) groups is 3. The van der Waals surface area contributed by atoms with E-state index >= 15 is 0 Å². The lowest BCUT2D eigenvalue weighted by Crippen LogP contribution is -2.45. The van der Waals surface area contributed by atoms with Gasteiger partial charge in [-0.05, 0) is 72.9 Å². The van der Waals surface area contributed by atoms with Gasteiger partial charge in [-0.15, -0.1) is 5.10 Å². The first kappa shape index (κ1) is 36.4. The Morgan fingerprint density at radius 3 is 2.15 bits per heavy atom. The van der Waals surface area contributed by atoms with Crippen molar-refractivity contribution in [3.63, 3.8) is 0 Å². The fourth-order valence-corrected chi connectivity index (χ4v) is 5.20. The third kappa shape index (κ3) is 9.02. The van der Waals surface area contributed by atoms with Crippen LogP contribution in [0.5, 0.6) is 0 Å². The lowest BCUT2D eigenvalue weighted by Gasteiger charge is -2.29. The molecule has 46 heavy (non-hydrogen) atoms. The van der Waals surface area contributed by atoms with E-state index in [1.807, 2.05) is 94.8 Å². The standard InChI is InChI=1S/C36H52N6O4/c1-11-41(30(44)24-38-33(45)35(6,7)22-23-46-36(8,9)21-20-29(43)37-10)28-19-15-14-18-27(28)32-31(26-17-13-12-16-25(26)2)39-40-42(32)34(3,4)5/h12-19H,11,20-24H2,1-10H3,(H,37,43)(H,38,45). The van der Waals surface area contributed by atoms with Crippen molar-refractivity contribution >= 4 is 23.4 Å². The number of aromatic nitrogens is 3. The van der Waals surface area contributed by atoms with Gasteiger partial charge in [0.25, 0.3) is 0 Å². The summed E-state index contributed by atoms with van der Waals surface area (Å²) in [5.41, 5.74) is 3.54. The number of rotatable bonds is 14. The Balaban J connectivity index is 1.80. The zero-order valence-electron chi connectivity index (χ0n) is 29.3. The minimum Gasteiger partial charge on any atom is -0.376 e. The smallest absolute Gasteiger partial charge is 0.246 e. The van der Waals surface area contributed by atoms with Crippen molar-refractivity contribution in [3.05, 3.63) is 54.1 Å². The second-order valence-electron chi connectivity index (χ2n) is 13.9. The van der Waals surface area contributed by atoms with E-state index in [9.17, 15) is 14.4 Å². The average Bonchev–Trinajstić information content (AvgIpc) is 3.45. The van der Waals surface area contributed by atoms with Gasteiger partial charge in [-0.1, -0.05) is 61.5 Å². The van der Waals surface area contributed by atoms with Gasteiger partial charge < -0.3 is 20.3 Å². The number of aryl methyl sites for hydroxylation is 1. The second-order valence-corrected chi connectivity index (χ2v) is 13.9. The van der Waals surface area contributed by atoms with E-state index < -0.39 is 11.0 Å². The van der Waals surface area contributed by atoms with Crippen LogP contribution in [-0.2, 0) is 24.7 Å². The number of likely N-dealkylation sites (N-methyl/N-ethyl adjacent to an activating group) is 1. The first-order chi connectivity index (χ1) is 21.5. The molecule has 0 radical (unpaired) electrons. The van der Waals surface area contributed by atoms with Gasteiger partial charge in [-0.2, -0.15) is 0 Å². The largest absolute Gasteiger partial charge is 0.376 e. The number of nitrogens with one attached hydrogen (secondary N) is 2. The number of hydrogen-bond acceptors (Lipinski definition) is 6. The highest BCUT2D eigenvalue weighted by molar-refractivity contribution is 6.01. The molecule has 250 valence electrons. The quantitative estimate of drug-likeness (QED) is 0.229. The molecule has 3 aromatic rings. The van der Waals surface area contributed by atoms with Crippen LogP contribution >= 0.6 is 0 Å². The van der Waals surface area contributed by atoms with Gasteiger partial charge in [-0.3, -0.25) is 14.4 Å². The molecule has 3 amide bonds. The van der Waals surface area contributed by atoms with Gasteiger partial charge in [0.1, 0.15) is 5.69 Å². The molecule has 1 aromatic heterocycles. The van der Waals surface area contributed by atoms with Gasteiger partial charge in [-0.25, -0.2) is 4.68 Å². The minimum atomic E-state index is -0.764. The summed E-state index contributed by atoms with van der Waals surface area (Å²) in [5.74, 6) is -0.486. The Kier molecular flexibility index (Phi) is 11.9. The Hall–Kier alpha value is -4.05. The van der Waals surface area contributed by atoms with E-state index in [0.717, 1.165) is 33.8 Å². The van der Waals surface area contributed by atoms with Crippen molar-refractivity contribution in [2.75, 3.05) is 31.6 Å². The highest BCUT2D eigenvalue weighted by Crippen LogP contribution is 2.39. The first-order valence-electron chi connectivity index (χ1n) is 16.1. The second kappa shape index (κ2) is 15.0. The monoisotopic (exact) mass is 632 g/mol. The summed E-state index contributed by atoms with van der Waals surface area (Å²) < 4.78 is 7.95. The maximum absolute atomic E-state index is 13.7. The Labute approximate surface area is 274 Å². The van der Waals surface area contributed by atoms with Gasteiger partial charge in [0, 0.05) is 43.2 Å². The molecule has 0 saturated carbocycles. The molecular weight excluding hydrogens is 580 g/mol. The number of nitrogens with zero attached hydrogens (tertiary/aromatic N) is 4. The predicted octanol–water partition coefficient (Wildman–Crippen LogP) is 5.88. The number of para-hydroxylation sites is 1. The van der Waals surface area contributed by atoms with E-state index in [0.29, 0.717) is 32.4 Å². The molecule has 1 heterocycles. The van der Waals surface area contributed by atoms with E-state index in [1.165, 1.54) is 0 Å². The SMILES string of the molecule is CCN(C(=O)CNC(=O)C(C)(C)CCOC(C)(C)CCC(=O)NC)c1ccccc1-c1c(-c2ccccc2C)nnn1C(C)(C)C. The van der Waals surface area contributed by atoms with Crippen molar-refractivity contribution in [3.8, 4) is 22.5 Å². The van der Waals surface area contributed by atoms with Crippen LogP contribution in [0.1, 0.15) is 80.2 Å². The number of hydrogen-bond donors (Lipinski definition) is 2. The lowest BCUT2D eigenvalue weighted by atomic mass is 9.88. The van der Waals surface area contributed by atoms with E-state index in [2.05, 4.69) is 41.7 Å². The number of amides is 3. The topological polar surface area (TPSA) is 118 Å². The normalized spacial score (nSPS) is 12.1. The summed E-state index contributed by atoms with van der Waals surface area (Å²) in [6.45, 7) is 18.4. The van der Waals surface area contributed by atoms with E-state index in [-0.39, 0.29) is 29.8 Å². The minimum absolute atomic E-state index is 0.0342. The van der Waals surface area contributed by atoms with Crippen molar-refractivity contribution in [1.29, 1.82) is 0 Å². The van der Waals surface area contributed by atoms with Crippen LogP contribution < -0.4 is 15.5 Å². The molecule has 0 saturated heterocycles. The van der Waals surface area contributed by atoms with E-state index in [1.54, 1.807) is 11.9 Å². The molecule has 3 rings (SSSR count). The van der Waals surface area contributed by atoms with Crippen LogP contribution in [0, 0.1) is 12.3 Å². The highest BCUT2D eigenvalue weighted by Gasteiger charge is 2.31. The molecule has 0 bridgehead atoms. The Morgan fingerprint density at radius 2 is 1.54 bits per heavy atom. The summed E-state index contributed by atoms with van der Waals surface area (Å²) in [7, 11) is 1.61. The van der Waals surface area contributed by atoms with Crippen LogP contribution in [0.2, 0.25) is 0 Å². The molecule has 0 spiro atoms. The number of carbonyl (C=O) groups excluding carboxylic acids is 3. The summed E-state index contributed by atoms with van der Waals surface area (Å²) in [4.78, 5) is 40.3. The third-order valence-corrected chi connectivity index (χ3v) is 8.24. The number of anilines is 1. The lowest BCUT2D eigenvalue weighted by molar-refractivity contribution is -0.133. The van der Waals surface area contributed by atoms with Crippen molar-refractivity contribution in [2.45, 2.75) is 92.7 Å². The Bertz CT molecular complexity index is 1520. The van der Waals surface area contributed by atoms with Gasteiger partial charge in [0.15, 0.2) is 0 Å². The first-order valence-corrected chi connectivity index (χ1v) is 16.1. The van der Waals surface area contributed by atoms with Gasteiger partial charge >= 0.3 is 0 Å². The fourth-order valence-electron chi connectivity index (χ4n) is 5.20. The van der Waals surface area contributed by atoms with Gasteiger partial charge in [0.05, 0.1) is 29.1 Å². The summed E-state index contributed by atoms with van der Waals surface area (Å²) in [6.07, 6.45) is 1.40. The van der Waals surface area contributed by atoms with Crippen LogP contribution in [0.3, 0.4) is 0 Å². The van der Waals surface area contributed by atoms with Crippen molar-refractivity contribution in [1.82, 2.24) is 25.6 Å². The molecule has 2 N–H and O–H groups in total. The summed E-state index contributed by atoms with van der Waals surface area (Å²) in [5, 5.41) is 14.7. The number of benzene rings is 2. The predicted molar refractivity (Wildman–Crippen MR) is 183 cm³/mol. The van der Waals surface area contributed by atoms with Gasteiger partial charge in [0.2, 0.25) is 17.7 Å². The van der Waals surface area contributed by atoms with Crippen LogP contribution in [0.4, 0.5) is 5.69 Å². The average molecular weight is 633 g/mol. The van der Waals surface area contributed by atoms with Crippen LogP contribution in [0.25, 0.3) is 22.5 Å². The maximum atomic E-state index is 13.7. The molecule has 10 nitrogen and oxygen atoms in total. The highest BCUT2D eigenvalue weighted by atomic mass is 16.5. The molecule has 10 heteroatoms. The molecular formula is C36H52N6O4. The maximum Gasteiger partial charge on any atom is 0.246 e. The molecule has 2 aromatic carbocycles.